The third-order valence-corrected chi connectivity index (χ3v) is 12.6. The predicted molar refractivity (Wildman–Crippen MR) is 247 cm³/mol. The molecule has 1 heterocycles. The van der Waals surface area contributed by atoms with Gasteiger partial charge in [-0.05, 0) is 123 Å². The van der Waals surface area contributed by atoms with Crippen LogP contribution in [0.2, 0.25) is 0 Å². The number of anilines is 6. The van der Waals surface area contributed by atoms with Gasteiger partial charge in [-0.2, -0.15) is 0 Å². The Bertz CT molecular complexity index is 3620. The first kappa shape index (κ1) is 25.8. The highest BCUT2D eigenvalue weighted by Crippen LogP contribution is 2.69. The number of aromatic nitrogens is 1. The minimum atomic E-state index is -1.08. The third kappa shape index (κ3) is 4.69. The van der Waals surface area contributed by atoms with Gasteiger partial charge in [0, 0.05) is 51.2 Å². The first-order chi connectivity index (χ1) is 33.7. The lowest BCUT2D eigenvalue weighted by molar-refractivity contribution is 0.636. The maximum absolute atomic E-state index is 9.51. The van der Waals surface area contributed by atoms with Crippen molar-refractivity contribution in [2.75, 3.05) is 9.80 Å². The van der Waals surface area contributed by atoms with Crippen LogP contribution in [0.5, 0.6) is 0 Å². The zero-order chi connectivity index (χ0) is 48.7. The predicted octanol–water partition coefficient (Wildman–Crippen LogP) is 14.7. The molecule has 3 nitrogen and oxygen atoms in total. The van der Waals surface area contributed by atoms with Gasteiger partial charge in [-0.15, -0.1) is 0 Å². The molecule has 0 fully saturated rings. The van der Waals surface area contributed by atoms with E-state index in [9.17, 15) is 5.48 Å². The van der Waals surface area contributed by atoms with Crippen LogP contribution in [0, 0.1) is 0 Å². The second kappa shape index (κ2) is 13.0. The fraction of sp³-hybridized carbons (Fsp3) is 0.0702. The Morgan fingerprint density at radius 2 is 0.983 bits per heavy atom. The number of nitrogens with zero attached hydrogens (tertiary/aromatic N) is 3. The van der Waals surface area contributed by atoms with Gasteiger partial charge in [0.05, 0.1) is 30.5 Å². The summed E-state index contributed by atoms with van der Waals surface area (Å²) in [7, 11) is 0. The molecular weight excluding hydrogens is 727 g/mol. The average molecular weight is 778 g/mol. The van der Waals surface area contributed by atoms with E-state index in [1.54, 1.807) is 4.90 Å². The van der Waals surface area contributed by atoms with Gasteiger partial charge in [0.15, 0.2) is 0 Å². The SMILES string of the molecule is [2H]c1c([2H])c([2H])c(N(c2ccccc2)c2ccc3c(c2)C2(c4ccccc4-c4ccccc42)c2c-3c(N(c3ccccc3)c3c([2H])c([2H])c([2H])c([2H])c3[2H])cc3c2-c2cccnc2C3(C)C)c([2H])c1[2H]. The molecule has 3 heteroatoms. The fourth-order valence-corrected chi connectivity index (χ4v) is 10.3. The van der Waals surface area contributed by atoms with Gasteiger partial charge in [-0.25, -0.2) is 0 Å². The summed E-state index contributed by atoms with van der Waals surface area (Å²) < 4.78 is 90.2. The highest BCUT2D eigenvalue weighted by Gasteiger charge is 2.56. The number of pyridine rings is 1. The molecule has 0 bridgehead atoms. The molecule has 0 N–H and O–H groups in total. The van der Waals surface area contributed by atoms with Crippen LogP contribution in [0.3, 0.4) is 0 Å². The molecule has 8 aromatic carbocycles. The Kier molecular flexibility index (Phi) is 5.59. The lowest BCUT2D eigenvalue weighted by atomic mass is 9.68. The summed E-state index contributed by atoms with van der Waals surface area (Å²) in [6.07, 6.45) is 1.81. The van der Waals surface area contributed by atoms with Crippen molar-refractivity contribution in [3.05, 3.63) is 246 Å². The molecular formula is C57H41N3. The van der Waals surface area contributed by atoms with Gasteiger partial charge in [0.25, 0.3) is 0 Å². The van der Waals surface area contributed by atoms with Crippen LogP contribution in [0.15, 0.2) is 212 Å². The normalized spacial score (nSPS) is 16.4. The van der Waals surface area contributed by atoms with Crippen molar-refractivity contribution in [3.8, 4) is 33.4 Å². The lowest BCUT2D eigenvalue weighted by Gasteiger charge is -2.35. The largest absolute Gasteiger partial charge is 0.310 e. The van der Waals surface area contributed by atoms with E-state index in [1.165, 1.54) is 0 Å². The molecule has 60 heavy (non-hydrogen) atoms. The molecule has 284 valence electrons. The van der Waals surface area contributed by atoms with E-state index in [2.05, 4.69) is 56.3 Å². The number of rotatable bonds is 6. The average Bonchev–Trinajstić information content (AvgIpc) is 3.95. The molecule has 0 unspecified atom stereocenters. The zero-order valence-corrected chi connectivity index (χ0v) is 32.8. The van der Waals surface area contributed by atoms with Crippen LogP contribution in [-0.4, -0.2) is 4.98 Å². The van der Waals surface area contributed by atoms with Crippen molar-refractivity contribution in [2.24, 2.45) is 0 Å². The molecule has 1 spiro atoms. The Morgan fingerprint density at radius 1 is 0.433 bits per heavy atom. The molecule has 0 amide bonds. The minimum Gasteiger partial charge on any atom is -0.310 e. The summed E-state index contributed by atoms with van der Waals surface area (Å²) in [5, 5.41) is 0. The molecule has 9 aromatic rings. The van der Waals surface area contributed by atoms with Gasteiger partial charge in [0.1, 0.15) is 0 Å². The second-order valence-corrected chi connectivity index (χ2v) is 16.0. The molecule has 12 rings (SSSR count). The van der Waals surface area contributed by atoms with Crippen LogP contribution in [0.25, 0.3) is 33.4 Å². The lowest BCUT2D eigenvalue weighted by Crippen LogP contribution is -2.28. The Hall–Kier alpha value is -7.49. The summed E-state index contributed by atoms with van der Waals surface area (Å²) in [5.41, 5.74) is 11.7. The molecule has 0 aliphatic heterocycles. The van der Waals surface area contributed by atoms with Crippen molar-refractivity contribution in [1.29, 1.82) is 0 Å². The highest BCUT2D eigenvalue weighted by atomic mass is 15.2. The molecule has 1 aromatic heterocycles. The molecule has 0 atom stereocenters. The Morgan fingerprint density at radius 3 is 1.62 bits per heavy atom. The van der Waals surface area contributed by atoms with E-state index in [0.717, 1.165) is 66.9 Å². The topological polar surface area (TPSA) is 19.4 Å². The first-order valence-electron chi connectivity index (χ1n) is 25.1. The van der Waals surface area contributed by atoms with E-state index < -0.39 is 47.1 Å². The molecule has 0 saturated carbocycles. The van der Waals surface area contributed by atoms with Gasteiger partial charge < -0.3 is 9.80 Å². The number of hydrogen-bond donors (Lipinski definition) is 0. The summed E-state index contributed by atoms with van der Waals surface area (Å²) in [4.78, 5) is 8.62. The summed E-state index contributed by atoms with van der Waals surface area (Å²) >= 11 is 0. The van der Waals surface area contributed by atoms with Crippen LogP contribution in [-0.2, 0) is 10.8 Å². The van der Waals surface area contributed by atoms with Crippen LogP contribution < -0.4 is 9.80 Å². The summed E-state index contributed by atoms with van der Waals surface area (Å²) in [6, 6.07) is 43.4. The van der Waals surface area contributed by atoms with Crippen molar-refractivity contribution >= 4 is 34.1 Å². The van der Waals surface area contributed by atoms with E-state index in [0.29, 0.717) is 22.7 Å². The monoisotopic (exact) mass is 777 g/mol. The first-order valence-corrected chi connectivity index (χ1v) is 20.1. The van der Waals surface area contributed by atoms with E-state index in [4.69, 9.17) is 13.2 Å². The maximum atomic E-state index is 9.51. The fourth-order valence-electron chi connectivity index (χ4n) is 10.3. The van der Waals surface area contributed by atoms with Gasteiger partial charge in [-0.1, -0.05) is 147 Å². The Balaban J connectivity index is 1.30. The number of fused-ring (bicyclic) bond motifs is 14. The zero-order valence-electron chi connectivity index (χ0n) is 42.8. The standard InChI is InChI=1S/C57H41N3/c1-56(2)50-37-51(60(40-24-11-5-12-25-40)41-26-13-6-14-27-41)53-45-34-33-42(59(38-20-7-3-8-21-38)39-22-9-4-10-23-39)36-49(45)57(54(53)52(50)46-30-19-35-58-55(46)56)47-31-17-15-28-43(47)44-29-16-18-32-48(44)57/h3-37H,1-2H3/i3D,5D,7D,8D,11D,12D,20D,21D,24D,25D. The van der Waals surface area contributed by atoms with E-state index in [1.807, 2.05) is 114 Å². The maximum Gasteiger partial charge on any atom is 0.0733 e. The van der Waals surface area contributed by atoms with Crippen LogP contribution in [0.1, 0.15) is 61.1 Å². The van der Waals surface area contributed by atoms with Crippen molar-refractivity contribution < 1.29 is 13.7 Å². The quantitative estimate of drug-likeness (QED) is 0.168. The molecule has 3 aliphatic rings. The van der Waals surface area contributed by atoms with Crippen molar-refractivity contribution in [2.45, 2.75) is 24.7 Å². The van der Waals surface area contributed by atoms with Crippen molar-refractivity contribution in [3.63, 3.8) is 0 Å². The second-order valence-electron chi connectivity index (χ2n) is 16.0. The van der Waals surface area contributed by atoms with Gasteiger partial charge >= 0.3 is 0 Å². The smallest absolute Gasteiger partial charge is 0.0733 e. The summed E-state index contributed by atoms with van der Waals surface area (Å²) in [6.45, 7) is 4.30. The molecule has 3 aliphatic carbocycles. The van der Waals surface area contributed by atoms with Crippen LogP contribution >= 0.6 is 0 Å². The number of hydrogen-bond acceptors (Lipinski definition) is 3. The molecule has 0 radical (unpaired) electrons. The highest BCUT2D eigenvalue weighted by molar-refractivity contribution is 6.07. The minimum absolute atomic E-state index is 0.00583. The third-order valence-electron chi connectivity index (χ3n) is 12.6. The van der Waals surface area contributed by atoms with Crippen molar-refractivity contribution in [1.82, 2.24) is 4.98 Å². The summed E-state index contributed by atoms with van der Waals surface area (Å²) in [5.74, 6) is 0. The van der Waals surface area contributed by atoms with Gasteiger partial charge in [0.2, 0.25) is 0 Å². The number of para-hydroxylation sites is 4. The van der Waals surface area contributed by atoms with E-state index in [-0.39, 0.29) is 35.5 Å². The van der Waals surface area contributed by atoms with Crippen LogP contribution in [0.4, 0.5) is 34.1 Å². The van der Waals surface area contributed by atoms with Gasteiger partial charge in [-0.3, -0.25) is 4.98 Å². The molecule has 0 saturated heterocycles. The van der Waals surface area contributed by atoms with E-state index >= 15 is 0 Å². The number of benzene rings is 8. The Labute approximate surface area is 365 Å².